The number of aryl methyl sites for hydroxylation is 1. The number of nitrogens with zero attached hydrogens (tertiary/aromatic N) is 3. The van der Waals surface area contributed by atoms with Crippen molar-refractivity contribution in [3.63, 3.8) is 0 Å². The highest BCUT2D eigenvalue weighted by atomic mass is 16.5. The standard InChI is InChI=1S/C29H29N3O3/c1-22-8-7-11-24(18-22)19-27-29(34)32(25-12-5-6-13-26(25)35-27)21-28(33)31-16-14-30(15-17-31)20-23-9-3-2-4-10-23/h2-13,18-19H,14-17,20-21H2,1H3/b27-19+. The van der Waals surface area contributed by atoms with Crippen LogP contribution in [0.4, 0.5) is 5.69 Å². The predicted molar refractivity (Wildman–Crippen MR) is 137 cm³/mol. The molecule has 0 bridgehead atoms. The average molecular weight is 468 g/mol. The lowest BCUT2D eigenvalue weighted by Crippen LogP contribution is -2.52. The second kappa shape index (κ2) is 10.2. The molecule has 2 heterocycles. The van der Waals surface area contributed by atoms with Gasteiger partial charge in [-0.1, -0.05) is 72.3 Å². The summed E-state index contributed by atoms with van der Waals surface area (Å²) in [6, 6.07) is 25.6. The summed E-state index contributed by atoms with van der Waals surface area (Å²) in [7, 11) is 0. The molecule has 2 aliphatic heterocycles. The van der Waals surface area contributed by atoms with Crippen LogP contribution < -0.4 is 9.64 Å². The zero-order valence-corrected chi connectivity index (χ0v) is 19.9. The summed E-state index contributed by atoms with van der Waals surface area (Å²) in [5.74, 6) is 0.437. The maximum atomic E-state index is 13.4. The Morgan fingerprint density at radius 2 is 1.66 bits per heavy atom. The van der Waals surface area contributed by atoms with Crippen molar-refractivity contribution in [3.8, 4) is 5.75 Å². The van der Waals surface area contributed by atoms with E-state index in [2.05, 4.69) is 17.0 Å². The average Bonchev–Trinajstić information content (AvgIpc) is 2.87. The van der Waals surface area contributed by atoms with Crippen molar-refractivity contribution in [1.82, 2.24) is 9.80 Å². The fourth-order valence-electron chi connectivity index (χ4n) is 4.56. The number of hydrogen-bond donors (Lipinski definition) is 0. The smallest absolute Gasteiger partial charge is 0.294 e. The van der Waals surface area contributed by atoms with E-state index >= 15 is 0 Å². The highest BCUT2D eigenvalue weighted by Crippen LogP contribution is 2.35. The summed E-state index contributed by atoms with van der Waals surface area (Å²) in [4.78, 5) is 32.4. The van der Waals surface area contributed by atoms with Gasteiger partial charge >= 0.3 is 0 Å². The molecule has 178 valence electrons. The molecule has 0 unspecified atom stereocenters. The van der Waals surface area contributed by atoms with Crippen molar-refractivity contribution < 1.29 is 14.3 Å². The Morgan fingerprint density at radius 1 is 0.914 bits per heavy atom. The van der Waals surface area contributed by atoms with Crippen LogP contribution in [-0.4, -0.2) is 54.3 Å². The van der Waals surface area contributed by atoms with E-state index < -0.39 is 0 Å². The Labute approximate surface area is 206 Å². The number of rotatable bonds is 5. The number of benzene rings is 3. The SMILES string of the molecule is Cc1cccc(/C=C2/Oc3ccccc3N(CC(=O)N3CCN(Cc4ccccc4)CC3)C2=O)c1. The van der Waals surface area contributed by atoms with Gasteiger partial charge in [-0.3, -0.25) is 19.4 Å². The number of ether oxygens (including phenoxy) is 1. The van der Waals surface area contributed by atoms with E-state index in [9.17, 15) is 9.59 Å². The van der Waals surface area contributed by atoms with Crippen LogP contribution in [0.25, 0.3) is 6.08 Å². The fourth-order valence-corrected chi connectivity index (χ4v) is 4.56. The minimum Gasteiger partial charge on any atom is -0.449 e. The van der Waals surface area contributed by atoms with Gasteiger partial charge in [-0.15, -0.1) is 0 Å². The van der Waals surface area contributed by atoms with Gasteiger partial charge in [0, 0.05) is 32.7 Å². The first-order chi connectivity index (χ1) is 17.1. The summed E-state index contributed by atoms with van der Waals surface area (Å²) in [5.41, 5.74) is 3.88. The summed E-state index contributed by atoms with van der Waals surface area (Å²) in [6.45, 7) is 5.80. The Kier molecular flexibility index (Phi) is 6.64. The Morgan fingerprint density at radius 3 is 2.43 bits per heavy atom. The lowest BCUT2D eigenvalue weighted by Gasteiger charge is -2.36. The van der Waals surface area contributed by atoms with Crippen LogP contribution in [0.3, 0.4) is 0 Å². The van der Waals surface area contributed by atoms with E-state index in [0.29, 0.717) is 24.5 Å². The summed E-state index contributed by atoms with van der Waals surface area (Å²) in [6.07, 6.45) is 1.74. The van der Waals surface area contributed by atoms with Crippen molar-refractivity contribution in [2.75, 3.05) is 37.6 Å². The maximum Gasteiger partial charge on any atom is 0.294 e. The minimum absolute atomic E-state index is 0.0109. The van der Waals surface area contributed by atoms with Gasteiger partial charge in [0.2, 0.25) is 5.91 Å². The first-order valence-electron chi connectivity index (χ1n) is 12.0. The molecule has 0 aliphatic carbocycles. The van der Waals surface area contributed by atoms with Crippen molar-refractivity contribution in [2.24, 2.45) is 0 Å². The summed E-state index contributed by atoms with van der Waals surface area (Å²) in [5, 5.41) is 0. The van der Waals surface area contributed by atoms with Crippen LogP contribution in [0, 0.1) is 6.92 Å². The Balaban J connectivity index is 1.29. The molecule has 6 heteroatoms. The molecule has 2 amide bonds. The third-order valence-corrected chi connectivity index (χ3v) is 6.44. The second-order valence-corrected chi connectivity index (χ2v) is 9.03. The van der Waals surface area contributed by atoms with E-state index in [4.69, 9.17) is 4.74 Å². The van der Waals surface area contributed by atoms with Gasteiger partial charge in [0.1, 0.15) is 6.54 Å². The van der Waals surface area contributed by atoms with E-state index in [0.717, 1.165) is 30.8 Å². The fraction of sp³-hybridized carbons (Fsp3) is 0.241. The maximum absolute atomic E-state index is 13.4. The molecule has 1 fully saturated rings. The monoisotopic (exact) mass is 467 g/mol. The minimum atomic E-state index is -0.304. The zero-order valence-electron chi connectivity index (χ0n) is 19.9. The van der Waals surface area contributed by atoms with Gasteiger partial charge in [0.15, 0.2) is 11.5 Å². The van der Waals surface area contributed by atoms with E-state index in [-0.39, 0.29) is 24.1 Å². The number of carbonyl (C=O) groups excluding carboxylic acids is 2. The normalized spacial score (nSPS) is 17.3. The second-order valence-electron chi connectivity index (χ2n) is 9.03. The largest absolute Gasteiger partial charge is 0.449 e. The molecule has 0 saturated carbocycles. The lowest BCUT2D eigenvalue weighted by molar-refractivity contribution is -0.133. The number of carbonyl (C=O) groups is 2. The van der Waals surface area contributed by atoms with Gasteiger partial charge in [-0.2, -0.15) is 0 Å². The number of amides is 2. The molecule has 5 rings (SSSR count). The first kappa shape index (κ1) is 22.9. The molecule has 1 saturated heterocycles. The van der Waals surface area contributed by atoms with Crippen molar-refractivity contribution in [3.05, 3.63) is 101 Å². The Bertz CT molecular complexity index is 1250. The zero-order chi connectivity index (χ0) is 24.2. The van der Waals surface area contributed by atoms with Crippen LogP contribution in [0.15, 0.2) is 84.6 Å². The topological polar surface area (TPSA) is 53.1 Å². The van der Waals surface area contributed by atoms with Crippen LogP contribution >= 0.6 is 0 Å². The predicted octanol–water partition coefficient (Wildman–Crippen LogP) is 4.11. The summed E-state index contributed by atoms with van der Waals surface area (Å²) >= 11 is 0. The molecule has 0 atom stereocenters. The highest BCUT2D eigenvalue weighted by Gasteiger charge is 2.33. The van der Waals surface area contributed by atoms with Crippen molar-refractivity contribution in [2.45, 2.75) is 13.5 Å². The third kappa shape index (κ3) is 5.28. The summed E-state index contributed by atoms with van der Waals surface area (Å²) < 4.78 is 5.95. The van der Waals surface area contributed by atoms with Crippen molar-refractivity contribution >= 4 is 23.6 Å². The first-order valence-corrected chi connectivity index (χ1v) is 12.0. The molecule has 2 aliphatic rings. The van der Waals surface area contributed by atoms with Crippen LogP contribution in [-0.2, 0) is 16.1 Å². The Hall–Kier alpha value is -3.90. The van der Waals surface area contributed by atoms with Crippen LogP contribution in [0.5, 0.6) is 5.75 Å². The molecule has 0 spiro atoms. The van der Waals surface area contributed by atoms with E-state index in [1.807, 2.05) is 78.6 Å². The number of piperazine rings is 1. The van der Waals surface area contributed by atoms with Gasteiger partial charge < -0.3 is 9.64 Å². The molecule has 6 nitrogen and oxygen atoms in total. The van der Waals surface area contributed by atoms with Gasteiger partial charge in [-0.25, -0.2) is 0 Å². The third-order valence-electron chi connectivity index (χ3n) is 6.44. The number of hydrogen-bond acceptors (Lipinski definition) is 4. The van der Waals surface area contributed by atoms with Crippen LogP contribution in [0.2, 0.25) is 0 Å². The molecule has 0 N–H and O–H groups in total. The lowest BCUT2D eigenvalue weighted by atomic mass is 10.1. The number of para-hydroxylation sites is 2. The van der Waals surface area contributed by atoms with Gasteiger partial charge in [-0.05, 0) is 36.3 Å². The molecule has 0 aromatic heterocycles. The molecule has 35 heavy (non-hydrogen) atoms. The molecule has 0 radical (unpaired) electrons. The quantitative estimate of drug-likeness (QED) is 0.530. The molecular formula is C29H29N3O3. The molecule has 3 aromatic carbocycles. The van der Waals surface area contributed by atoms with E-state index in [1.54, 1.807) is 11.0 Å². The van der Waals surface area contributed by atoms with Gasteiger partial charge in [0.25, 0.3) is 5.91 Å². The van der Waals surface area contributed by atoms with Crippen molar-refractivity contribution in [1.29, 1.82) is 0 Å². The number of anilines is 1. The number of fused-ring (bicyclic) bond motifs is 1. The highest BCUT2D eigenvalue weighted by molar-refractivity contribution is 6.12. The van der Waals surface area contributed by atoms with Crippen LogP contribution in [0.1, 0.15) is 16.7 Å². The molecule has 3 aromatic rings. The van der Waals surface area contributed by atoms with E-state index in [1.165, 1.54) is 5.56 Å². The van der Waals surface area contributed by atoms with Gasteiger partial charge in [0.05, 0.1) is 5.69 Å². The molecular weight excluding hydrogens is 438 g/mol.